The normalized spacial score (nSPS) is 12.1. The van der Waals surface area contributed by atoms with Crippen molar-refractivity contribution in [3.05, 3.63) is 41.5 Å². The third-order valence-corrected chi connectivity index (χ3v) is 3.02. The van der Waals surface area contributed by atoms with Crippen molar-refractivity contribution < 1.29 is 9.32 Å². The van der Waals surface area contributed by atoms with E-state index < -0.39 is 0 Å². The van der Waals surface area contributed by atoms with Gasteiger partial charge in [0.05, 0.1) is 5.92 Å². The Balaban J connectivity index is 1.85. The quantitative estimate of drug-likeness (QED) is 0.804. The molecule has 1 atom stereocenters. The van der Waals surface area contributed by atoms with Gasteiger partial charge in [0.25, 0.3) is 0 Å². The highest BCUT2D eigenvalue weighted by molar-refractivity contribution is 5.83. The van der Waals surface area contributed by atoms with Gasteiger partial charge in [-0.1, -0.05) is 17.3 Å². The van der Waals surface area contributed by atoms with Gasteiger partial charge < -0.3 is 15.6 Å². The Hall–Kier alpha value is -2.37. The topological polar surface area (TPSA) is 94.0 Å². The number of nitrogen functional groups attached to an aromatic ring is 1. The number of aryl methyl sites for hydroxylation is 1. The highest BCUT2D eigenvalue weighted by atomic mass is 16.5. The minimum atomic E-state index is -0.245. The predicted molar refractivity (Wildman–Crippen MR) is 75.0 cm³/mol. The van der Waals surface area contributed by atoms with Gasteiger partial charge in [-0.3, -0.25) is 4.79 Å². The standard InChI is InChI=1S/C14H18N4O2/c1-9(11-4-3-5-12(15)8-11)14(19)16-7-6-13-17-10(2)20-18-13/h3-5,8-9H,6-7,15H2,1-2H3,(H,16,19). The molecule has 0 aliphatic rings. The number of rotatable bonds is 5. The fourth-order valence-electron chi connectivity index (χ4n) is 1.87. The zero-order valence-electron chi connectivity index (χ0n) is 11.6. The lowest BCUT2D eigenvalue weighted by molar-refractivity contribution is -0.122. The van der Waals surface area contributed by atoms with Crippen molar-refractivity contribution in [2.45, 2.75) is 26.2 Å². The van der Waals surface area contributed by atoms with E-state index in [1.54, 1.807) is 13.0 Å². The van der Waals surface area contributed by atoms with E-state index >= 15 is 0 Å². The van der Waals surface area contributed by atoms with Crippen molar-refractivity contribution in [1.82, 2.24) is 15.5 Å². The summed E-state index contributed by atoms with van der Waals surface area (Å²) in [5.41, 5.74) is 7.27. The number of nitrogens with two attached hydrogens (primary N) is 1. The molecule has 0 radical (unpaired) electrons. The van der Waals surface area contributed by atoms with E-state index in [0.717, 1.165) is 5.56 Å². The lowest BCUT2D eigenvalue weighted by Gasteiger charge is -2.12. The number of amides is 1. The SMILES string of the molecule is Cc1nc(CCNC(=O)C(C)c2cccc(N)c2)no1. The number of nitrogens with zero attached hydrogens (tertiary/aromatic N) is 2. The smallest absolute Gasteiger partial charge is 0.227 e. The van der Waals surface area contributed by atoms with Gasteiger partial charge >= 0.3 is 0 Å². The Morgan fingerprint density at radius 2 is 2.30 bits per heavy atom. The summed E-state index contributed by atoms with van der Waals surface area (Å²) >= 11 is 0. The molecule has 1 amide bonds. The maximum Gasteiger partial charge on any atom is 0.227 e. The second-order valence-electron chi connectivity index (χ2n) is 4.66. The van der Waals surface area contributed by atoms with Gasteiger partial charge in [-0.05, 0) is 24.6 Å². The molecule has 0 saturated carbocycles. The minimum absolute atomic E-state index is 0.0455. The Labute approximate surface area is 117 Å². The van der Waals surface area contributed by atoms with Crippen molar-refractivity contribution in [3.63, 3.8) is 0 Å². The molecule has 6 heteroatoms. The molecule has 3 N–H and O–H groups in total. The first-order valence-corrected chi connectivity index (χ1v) is 6.48. The molecule has 0 spiro atoms. The summed E-state index contributed by atoms with van der Waals surface area (Å²) in [7, 11) is 0. The van der Waals surface area contributed by atoms with Crippen LogP contribution in [0.2, 0.25) is 0 Å². The van der Waals surface area contributed by atoms with Gasteiger partial charge in [0.15, 0.2) is 5.82 Å². The number of anilines is 1. The fraction of sp³-hybridized carbons (Fsp3) is 0.357. The summed E-state index contributed by atoms with van der Waals surface area (Å²) in [6.07, 6.45) is 0.548. The molecule has 1 aromatic carbocycles. The number of hydrogen-bond donors (Lipinski definition) is 2. The Bertz CT molecular complexity index is 594. The van der Waals surface area contributed by atoms with E-state index in [9.17, 15) is 4.79 Å². The van der Waals surface area contributed by atoms with Crippen molar-refractivity contribution in [1.29, 1.82) is 0 Å². The van der Waals surface area contributed by atoms with Crippen molar-refractivity contribution in [2.75, 3.05) is 12.3 Å². The molecule has 1 aromatic heterocycles. The van der Waals surface area contributed by atoms with Crippen LogP contribution in [0, 0.1) is 6.92 Å². The molecule has 0 aliphatic carbocycles. The lowest BCUT2D eigenvalue weighted by Crippen LogP contribution is -2.30. The average molecular weight is 274 g/mol. The van der Waals surface area contributed by atoms with E-state index in [2.05, 4.69) is 15.5 Å². The largest absolute Gasteiger partial charge is 0.399 e. The van der Waals surface area contributed by atoms with Crippen LogP contribution in [0.5, 0.6) is 0 Å². The van der Waals surface area contributed by atoms with Crippen LogP contribution in [0.3, 0.4) is 0 Å². The van der Waals surface area contributed by atoms with Crippen LogP contribution < -0.4 is 11.1 Å². The molecule has 2 rings (SSSR count). The average Bonchev–Trinajstić information content (AvgIpc) is 2.83. The van der Waals surface area contributed by atoms with E-state index in [4.69, 9.17) is 10.3 Å². The number of hydrogen-bond acceptors (Lipinski definition) is 5. The van der Waals surface area contributed by atoms with Gasteiger partial charge in [0, 0.05) is 25.6 Å². The molecule has 20 heavy (non-hydrogen) atoms. The summed E-state index contributed by atoms with van der Waals surface area (Å²) in [5.74, 6) is 0.834. The zero-order chi connectivity index (χ0) is 14.5. The van der Waals surface area contributed by atoms with Crippen LogP contribution in [0.15, 0.2) is 28.8 Å². The van der Waals surface area contributed by atoms with Crippen LogP contribution in [-0.4, -0.2) is 22.6 Å². The van der Waals surface area contributed by atoms with Gasteiger partial charge in [-0.2, -0.15) is 4.98 Å². The van der Waals surface area contributed by atoms with Crippen molar-refractivity contribution >= 4 is 11.6 Å². The molecular weight excluding hydrogens is 256 g/mol. The number of aromatic nitrogens is 2. The second kappa shape index (κ2) is 6.18. The van der Waals surface area contributed by atoms with Crippen LogP contribution in [0.25, 0.3) is 0 Å². The maximum absolute atomic E-state index is 12.0. The van der Waals surface area contributed by atoms with E-state index in [0.29, 0.717) is 30.4 Å². The first-order chi connectivity index (χ1) is 9.56. The van der Waals surface area contributed by atoms with E-state index in [-0.39, 0.29) is 11.8 Å². The van der Waals surface area contributed by atoms with Crippen LogP contribution in [0.1, 0.15) is 30.1 Å². The summed E-state index contributed by atoms with van der Waals surface area (Å²) in [5, 5.41) is 6.63. The molecule has 0 saturated heterocycles. The monoisotopic (exact) mass is 274 g/mol. The Morgan fingerprint density at radius 3 is 2.95 bits per heavy atom. The molecule has 0 aliphatic heterocycles. The minimum Gasteiger partial charge on any atom is -0.399 e. The Morgan fingerprint density at radius 1 is 1.50 bits per heavy atom. The Kier molecular flexibility index (Phi) is 4.34. The first kappa shape index (κ1) is 14.0. The third kappa shape index (κ3) is 3.57. The second-order valence-corrected chi connectivity index (χ2v) is 4.66. The molecule has 0 bridgehead atoms. The molecule has 106 valence electrons. The molecule has 6 nitrogen and oxygen atoms in total. The highest BCUT2D eigenvalue weighted by Gasteiger charge is 2.15. The number of nitrogens with one attached hydrogen (secondary N) is 1. The van der Waals surface area contributed by atoms with Crippen LogP contribution in [0.4, 0.5) is 5.69 Å². The van der Waals surface area contributed by atoms with E-state index in [1.165, 1.54) is 0 Å². The summed E-state index contributed by atoms with van der Waals surface area (Å²) in [6.45, 7) is 4.06. The molecule has 2 aromatic rings. The third-order valence-electron chi connectivity index (χ3n) is 3.02. The van der Waals surface area contributed by atoms with Gasteiger partial charge in [-0.15, -0.1) is 0 Å². The molecule has 1 heterocycles. The first-order valence-electron chi connectivity index (χ1n) is 6.48. The number of carbonyl (C=O) groups is 1. The van der Waals surface area contributed by atoms with E-state index in [1.807, 2.05) is 25.1 Å². The number of carbonyl (C=O) groups excluding carboxylic acids is 1. The van der Waals surface area contributed by atoms with Crippen molar-refractivity contribution in [2.24, 2.45) is 0 Å². The highest BCUT2D eigenvalue weighted by Crippen LogP contribution is 2.17. The fourth-order valence-corrected chi connectivity index (χ4v) is 1.87. The summed E-state index contributed by atoms with van der Waals surface area (Å²) in [4.78, 5) is 16.1. The van der Waals surface area contributed by atoms with Gasteiger partial charge in [0.2, 0.25) is 11.8 Å². The van der Waals surface area contributed by atoms with Crippen molar-refractivity contribution in [3.8, 4) is 0 Å². The molecular formula is C14H18N4O2. The van der Waals surface area contributed by atoms with Crippen LogP contribution in [-0.2, 0) is 11.2 Å². The van der Waals surface area contributed by atoms with Gasteiger partial charge in [-0.25, -0.2) is 0 Å². The predicted octanol–water partition coefficient (Wildman–Crippen LogP) is 1.42. The maximum atomic E-state index is 12.0. The molecule has 0 fully saturated rings. The summed E-state index contributed by atoms with van der Waals surface area (Å²) < 4.78 is 4.86. The lowest BCUT2D eigenvalue weighted by atomic mass is 10.00. The van der Waals surface area contributed by atoms with Crippen LogP contribution >= 0.6 is 0 Å². The van der Waals surface area contributed by atoms with Gasteiger partial charge in [0.1, 0.15) is 0 Å². The summed E-state index contributed by atoms with van der Waals surface area (Å²) in [6, 6.07) is 7.35. The molecule has 1 unspecified atom stereocenters. The number of benzene rings is 1. The zero-order valence-corrected chi connectivity index (χ0v) is 11.6.